The lowest BCUT2D eigenvalue weighted by molar-refractivity contribution is 0.0691. The van der Waals surface area contributed by atoms with E-state index in [1.54, 1.807) is 12.1 Å². The van der Waals surface area contributed by atoms with Crippen LogP contribution in [-0.4, -0.2) is 31.3 Å². The molecule has 0 saturated carbocycles. The minimum absolute atomic E-state index is 0.0683. The predicted molar refractivity (Wildman–Crippen MR) is 68.5 cm³/mol. The molecule has 0 fully saturated rings. The van der Waals surface area contributed by atoms with Crippen molar-refractivity contribution < 1.29 is 19.4 Å². The van der Waals surface area contributed by atoms with E-state index in [1.165, 1.54) is 14.2 Å². The first-order valence-electron chi connectivity index (χ1n) is 5.77. The molecule has 18 heavy (non-hydrogen) atoms. The number of aromatic carboxylic acids is 1. The zero-order valence-electron chi connectivity index (χ0n) is 10.9. The Hall–Kier alpha value is -1.75. The van der Waals surface area contributed by atoms with Crippen molar-refractivity contribution in [3.05, 3.63) is 23.3 Å². The average molecular weight is 253 g/mol. The summed E-state index contributed by atoms with van der Waals surface area (Å²) < 4.78 is 10.2. The van der Waals surface area contributed by atoms with Crippen LogP contribution in [0.1, 0.15) is 29.3 Å². The van der Waals surface area contributed by atoms with Crippen molar-refractivity contribution in [2.24, 2.45) is 5.73 Å². The molecule has 1 unspecified atom stereocenters. The number of hydrogen-bond donors (Lipinski definition) is 2. The molecule has 0 spiro atoms. The van der Waals surface area contributed by atoms with Crippen LogP contribution >= 0.6 is 0 Å². The molecule has 1 aromatic rings. The molecular formula is C13H19NO4. The van der Waals surface area contributed by atoms with Crippen LogP contribution in [0.5, 0.6) is 11.5 Å². The van der Waals surface area contributed by atoms with Gasteiger partial charge in [-0.3, -0.25) is 0 Å². The summed E-state index contributed by atoms with van der Waals surface area (Å²) in [7, 11) is 2.90. The van der Waals surface area contributed by atoms with E-state index in [4.69, 9.17) is 15.2 Å². The number of nitrogens with two attached hydrogens (primary N) is 1. The Bertz CT molecular complexity index is 431. The standard InChI is InChI=1S/C13H19NO4/c1-4-9(14)7-8-5-6-10(17-2)12(18-3)11(8)13(15)16/h5-6,9H,4,7,14H2,1-3H3,(H,15,16). The molecule has 0 saturated heterocycles. The Labute approximate surface area is 107 Å². The summed E-state index contributed by atoms with van der Waals surface area (Å²) in [6.07, 6.45) is 1.28. The second-order valence-corrected chi connectivity index (χ2v) is 4.01. The lowest BCUT2D eigenvalue weighted by Crippen LogP contribution is -2.23. The summed E-state index contributed by atoms with van der Waals surface area (Å²) in [6.45, 7) is 1.96. The maximum atomic E-state index is 11.4. The number of carboxylic acids is 1. The van der Waals surface area contributed by atoms with Gasteiger partial charge in [-0.15, -0.1) is 0 Å². The van der Waals surface area contributed by atoms with Gasteiger partial charge in [0.15, 0.2) is 11.5 Å². The SMILES string of the molecule is CCC(N)Cc1ccc(OC)c(OC)c1C(=O)O. The van der Waals surface area contributed by atoms with Crippen LogP contribution in [0, 0.1) is 0 Å². The van der Waals surface area contributed by atoms with Crippen molar-refractivity contribution in [3.8, 4) is 11.5 Å². The Kier molecular flexibility index (Phi) is 4.97. The van der Waals surface area contributed by atoms with Crippen LogP contribution in [0.15, 0.2) is 12.1 Å². The van der Waals surface area contributed by atoms with Gasteiger partial charge in [-0.05, 0) is 24.5 Å². The highest BCUT2D eigenvalue weighted by Gasteiger charge is 2.21. The van der Waals surface area contributed by atoms with E-state index in [-0.39, 0.29) is 17.4 Å². The number of carboxylic acid groups (broad SMARTS) is 1. The van der Waals surface area contributed by atoms with Crippen molar-refractivity contribution in [2.45, 2.75) is 25.8 Å². The molecule has 0 aliphatic rings. The molecule has 1 atom stereocenters. The summed E-state index contributed by atoms with van der Waals surface area (Å²) >= 11 is 0. The molecule has 0 heterocycles. The number of hydrogen-bond acceptors (Lipinski definition) is 4. The van der Waals surface area contributed by atoms with Crippen molar-refractivity contribution in [3.63, 3.8) is 0 Å². The Balaban J connectivity index is 3.30. The molecule has 3 N–H and O–H groups in total. The van der Waals surface area contributed by atoms with Gasteiger partial charge < -0.3 is 20.3 Å². The summed E-state index contributed by atoms with van der Waals surface area (Å²) in [5, 5.41) is 9.31. The lowest BCUT2D eigenvalue weighted by atomic mass is 9.98. The normalized spacial score (nSPS) is 12.0. The maximum absolute atomic E-state index is 11.4. The quantitative estimate of drug-likeness (QED) is 0.806. The molecular weight excluding hydrogens is 234 g/mol. The van der Waals surface area contributed by atoms with E-state index in [2.05, 4.69) is 0 Å². The van der Waals surface area contributed by atoms with Gasteiger partial charge in [0.2, 0.25) is 0 Å². The fourth-order valence-corrected chi connectivity index (χ4v) is 1.80. The molecule has 0 aromatic heterocycles. The highest BCUT2D eigenvalue weighted by atomic mass is 16.5. The zero-order chi connectivity index (χ0) is 13.7. The Morgan fingerprint density at radius 3 is 2.50 bits per heavy atom. The highest BCUT2D eigenvalue weighted by Crippen LogP contribution is 2.34. The minimum atomic E-state index is -1.04. The second kappa shape index (κ2) is 6.26. The first-order valence-corrected chi connectivity index (χ1v) is 5.77. The van der Waals surface area contributed by atoms with Gasteiger partial charge in [-0.2, -0.15) is 0 Å². The highest BCUT2D eigenvalue weighted by molar-refractivity contribution is 5.94. The lowest BCUT2D eigenvalue weighted by Gasteiger charge is -2.16. The third kappa shape index (κ3) is 2.92. The maximum Gasteiger partial charge on any atom is 0.339 e. The number of benzene rings is 1. The molecule has 1 rings (SSSR count). The fraction of sp³-hybridized carbons (Fsp3) is 0.462. The van der Waals surface area contributed by atoms with Gasteiger partial charge in [0, 0.05) is 6.04 Å². The van der Waals surface area contributed by atoms with E-state index in [9.17, 15) is 9.90 Å². The van der Waals surface area contributed by atoms with Gasteiger partial charge in [-0.25, -0.2) is 4.79 Å². The van der Waals surface area contributed by atoms with Gasteiger partial charge in [0.25, 0.3) is 0 Å². The van der Waals surface area contributed by atoms with Gasteiger partial charge in [-0.1, -0.05) is 13.0 Å². The molecule has 0 aliphatic heterocycles. The van der Waals surface area contributed by atoms with Gasteiger partial charge >= 0.3 is 5.97 Å². The Morgan fingerprint density at radius 1 is 1.39 bits per heavy atom. The third-order valence-corrected chi connectivity index (χ3v) is 2.85. The molecule has 0 amide bonds. The van der Waals surface area contributed by atoms with Gasteiger partial charge in [0.05, 0.1) is 14.2 Å². The van der Waals surface area contributed by atoms with Crippen LogP contribution in [0.4, 0.5) is 0 Å². The van der Waals surface area contributed by atoms with Crippen molar-refractivity contribution in [2.75, 3.05) is 14.2 Å². The van der Waals surface area contributed by atoms with E-state index < -0.39 is 5.97 Å². The Morgan fingerprint density at radius 2 is 2.06 bits per heavy atom. The van der Waals surface area contributed by atoms with Crippen molar-refractivity contribution in [1.29, 1.82) is 0 Å². The fourth-order valence-electron chi connectivity index (χ4n) is 1.80. The van der Waals surface area contributed by atoms with E-state index in [1.807, 2.05) is 6.92 Å². The van der Waals surface area contributed by atoms with Crippen LogP contribution in [0.2, 0.25) is 0 Å². The molecule has 0 aliphatic carbocycles. The number of ether oxygens (including phenoxy) is 2. The van der Waals surface area contributed by atoms with E-state index in [0.717, 1.165) is 6.42 Å². The van der Waals surface area contributed by atoms with Gasteiger partial charge in [0.1, 0.15) is 5.56 Å². The largest absolute Gasteiger partial charge is 0.493 e. The number of rotatable bonds is 6. The summed E-state index contributed by atoms with van der Waals surface area (Å²) in [5.74, 6) is -0.390. The van der Waals surface area contributed by atoms with E-state index >= 15 is 0 Å². The molecule has 0 radical (unpaired) electrons. The zero-order valence-corrected chi connectivity index (χ0v) is 10.9. The molecule has 5 heteroatoms. The van der Waals surface area contributed by atoms with Crippen LogP contribution in [0.25, 0.3) is 0 Å². The van der Waals surface area contributed by atoms with Crippen LogP contribution in [-0.2, 0) is 6.42 Å². The van der Waals surface area contributed by atoms with Crippen LogP contribution in [0.3, 0.4) is 0 Å². The summed E-state index contributed by atoms with van der Waals surface area (Å²) in [4.78, 5) is 11.4. The molecule has 0 bridgehead atoms. The summed E-state index contributed by atoms with van der Waals surface area (Å²) in [6, 6.07) is 3.35. The number of carbonyl (C=O) groups is 1. The third-order valence-electron chi connectivity index (χ3n) is 2.85. The first-order chi connectivity index (χ1) is 8.54. The van der Waals surface area contributed by atoms with Crippen LogP contribution < -0.4 is 15.2 Å². The molecule has 100 valence electrons. The molecule has 1 aromatic carbocycles. The minimum Gasteiger partial charge on any atom is -0.493 e. The molecule has 5 nitrogen and oxygen atoms in total. The first kappa shape index (κ1) is 14.3. The predicted octanol–water partition coefficient (Wildman–Crippen LogP) is 1.68. The summed E-state index contributed by atoms with van der Waals surface area (Å²) in [5.41, 5.74) is 6.66. The van der Waals surface area contributed by atoms with Crippen molar-refractivity contribution >= 4 is 5.97 Å². The topological polar surface area (TPSA) is 81.8 Å². The van der Waals surface area contributed by atoms with Crippen molar-refractivity contribution in [1.82, 2.24) is 0 Å². The second-order valence-electron chi connectivity index (χ2n) is 4.01. The average Bonchev–Trinajstić information content (AvgIpc) is 2.37. The number of methoxy groups -OCH3 is 2. The smallest absolute Gasteiger partial charge is 0.339 e. The van der Waals surface area contributed by atoms with E-state index in [0.29, 0.717) is 17.7 Å². The monoisotopic (exact) mass is 253 g/mol.